The highest BCUT2D eigenvalue weighted by atomic mass is 16.2. The number of anilines is 1. The summed E-state index contributed by atoms with van der Waals surface area (Å²) in [7, 11) is 0. The van der Waals surface area contributed by atoms with Gasteiger partial charge in [0.1, 0.15) is 6.54 Å². The largest absolute Gasteiger partial charge is 0.331 e. The van der Waals surface area contributed by atoms with Gasteiger partial charge in [0, 0.05) is 25.2 Å². The van der Waals surface area contributed by atoms with Gasteiger partial charge in [0.2, 0.25) is 11.8 Å². The molecule has 110 valence electrons. The van der Waals surface area contributed by atoms with Crippen LogP contribution >= 0.6 is 0 Å². The van der Waals surface area contributed by atoms with Gasteiger partial charge in [0.15, 0.2) is 0 Å². The third-order valence-corrected chi connectivity index (χ3v) is 3.26. The summed E-state index contributed by atoms with van der Waals surface area (Å²) in [5, 5.41) is 0. The predicted octanol–water partition coefficient (Wildman–Crippen LogP) is 2.60. The molecule has 0 saturated carbocycles. The second-order valence-corrected chi connectivity index (χ2v) is 5.22. The van der Waals surface area contributed by atoms with Crippen LogP contribution in [0.25, 0.3) is 0 Å². The summed E-state index contributed by atoms with van der Waals surface area (Å²) in [6.45, 7) is 9.97. The molecule has 0 aliphatic rings. The van der Waals surface area contributed by atoms with Crippen molar-refractivity contribution < 1.29 is 9.59 Å². The molecule has 1 aromatic rings. The van der Waals surface area contributed by atoms with Gasteiger partial charge in [-0.05, 0) is 45.4 Å². The molecule has 0 saturated heterocycles. The lowest BCUT2D eigenvalue weighted by molar-refractivity contribution is -0.135. The molecule has 0 unspecified atom stereocenters. The van der Waals surface area contributed by atoms with Crippen molar-refractivity contribution in [2.45, 2.75) is 40.7 Å². The highest BCUT2D eigenvalue weighted by Gasteiger charge is 2.21. The SMILES string of the molecule is CCN(C(=O)CN(C(C)=O)C(C)C)c1cccc(C)c1. The monoisotopic (exact) mass is 276 g/mol. The molecule has 0 aromatic heterocycles. The molecule has 1 rings (SSSR count). The first-order chi connectivity index (χ1) is 9.36. The van der Waals surface area contributed by atoms with E-state index in [0.29, 0.717) is 6.54 Å². The normalized spacial score (nSPS) is 10.5. The first kappa shape index (κ1) is 16.2. The number of benzene rings is 1. The molecule has 0 N–H and O–H groups in total. The Balaban J connectivity index is 2.90. The van der Waals surface area contributed by atoms with E-state index in [1.807, 2.05) is 52.0 Å². The summed E-state index contributed by atoms with van der Waals surface area (Å²) in [6.07, 6.45) is 0. The fourth-order valence-electron chi connectivity index (χ4n) is 2.19. The van der Waals surface area contributed by atoms with Crippen LogP contribution in [0.1, 0.15) is 33.3 Å². The van der Waals surface area contributed by atoms with Crippen LogP contribution in [0.2, 0.25) is 0 Å². The molecular weight excluding hydrogens is 252 g/mol. The van der Waals surface area contributed by atoms with Crippen LogP contribution in [0.15, 0.2) is 24.3 Å². The van der Waals surface area contributed by atoms with E-state index in [9.17, 15) is 9.59 Å². The number of likely N-dealkylation sites (N-methyl/N-ethyl adjacent to an activating group) is 1. The first-order valence-corrected chi connectivity index (χ1v) is 7.01. The Kier molecular flexibility index (Phi) is 5.74. The molecule has 4 heteroatoms. The van der Waals surface area contributed by atoms with Crippen molar-refractivity contribution in [2.75, 3.05) is 18.0 Å². The average Bonchev–Trinajstić information content (AvgIpc) is 2.36. The van der Waals surface area contributed by atoms with Crippen molar-refractivity contribution in [1.29, 1.82) is 0 Å². The van der Waals surface area contributed by atoms with Crippen LogP contribution < -0.4 is 4.90 Å². The molecule has 0 atom stereocenters. The van der Waals surface area contributed by atoms with E-state index >= 15 is 0 Å². The minimum absolute atomic E-state index is 0.0210. The molecule has 4 nitrogen and oxygen atoms in total. The van der Waals surface area contributed by atoms with Gasteiger partial charge in [0.05, 0.1) is 0 Å². The summed E-state index contributed by atoms with van der Waals surface area (Å²) in [5.41, 5.74) is 1.99. The summed E-state index contributed by atoms with van der Waals surface area (Å²) in [5.74, 6) is -0.129. The number of carbonyl (C=O) groups is 2. The molecule has 0 heterocycles. The number of amides is 2. The van der Waals surface area contributed by atoms with Crippen molar-refractivity contribution in [3.8, 4) is 0 Å². The molecule has 0 aliphatic carbocycles. The molecule has 0 aliphatic heterocycles. The highest BCUT2D eigenvalue weighted by molar-refractivity contribution is 5.96. The van der Waals surface area contributed by atoms with Crippen molar-refractivity contribution in [3.05, 3.63) is 29.8 Å². The van der Waals surface area contributed by atoms with Crippen molar-refractivity contribution in [1.82, 2.24) is 4.90 Å². The van der Waals surface area contributed by atoms with Crippen molar-refractivity contribution in [3.63, 3.8) is 0 Å². The fourth-order valence-corrected chi connectivity index (χ4v) is 2.19. The van der Waals surface area contributed by atoms with E-state index in [4.69, 9.17) is 0 Å². The number of hydrogen-bond donors (Lipinski definition) is 0. The smallest absolute Gasteiger partial charge is 0.246 e. The van der Waals surface area contributed by atoms with Crippen LogP contribution in [0.3, 0.4) is 0 Å². The highest BCUT2D eigenvalue weighted by Crippen LogP contribution is 2.16. The molecule has 0 radical (unpaired) electrons. The van der Waals surface area contributed by atoms with Crippen molar-refractivity contribution in [2.24, 2.45) is 0 Å². The summed E-state index contributed by atoms with van der Waals surface area (Å²) < 4.78 is 0. The van der Waals surface area contributed by atoms with E-state index in [1.54, 1.807) is 9.80 Å². The van der Waals surface area contributed by atoms with Gasteiger partial charge < -0.3 is 9.80 Å². The van der Waals surface area contributed by atoms with E-state index in [-0.39, 0.29) is 24.4 Å². The second-order valence-electron chi connectivity index (χ2n) is 5.22. The minimum atomic E-state index is -0.0753. The molecule has 1 aromatic carbocycles. The Hall–Kier alpha value is -1.84. The Morgan fingerprint density at radius 3 is 2.35 bits per heavy atom. The molecule has 2 amide bonds. The standard InChI is InChI=1S/C16H24N2O2/c1-6-17(15-9-7-8-13(4)10-15)16(20)11-18(12(2)3)14(5)19/h7-10,12H,6,11H2,1-5H3. The van der Waals surface area contributed by atoms with Crippen LogP contribution in [0.5, 0.6) is 0 Å². The van der Waals surface area contributed by atoms with E-state index < -0.39 is 0 Å². The number of nitrogens with zero attached hydrogens (tertiary/aromatic N) is 2. The van der Waals surface area contributed by atoms with Crippen molar-refractivity contribution >= 4 is 17.5 Å². The van der Waals surface area contributed by atoms with Gasteiger partial charge in [-0.2, -0.15) is 0 Å². The van der Waals surface area contributed by atoms with Gasteiger partial charge in [-0.15, -0.1) is 0 Å². The summed E-state index contributed by atoms with van der Waals surface area (Å²) in [6, 6.07) is 7.85. The lowest BCUT2D eigenvalue weighted by Gasteiger charge is -2.28. The Bertz CT molecular complexity index is 483. The predicted molar refractivity (Wildman–Crippen MR) is 81.7 cm³/mol. The number of rotatable bonds is 5. The number of carbonyl (C=O) groups excluding carboxylic acids is 2. The number of aryl methyl sites for hydroxylation is 1. The maximum atomic E-state index is 12.4. The van der Waals surface area contributed by atoms with Crippen LogP contribution in [-0.2, 0) is 9.59 Å². The van der Waals surface area contributed by atoms with Crippen LogP contribution in [0.4, 0.5) is 5.69 Å². The Morgan fingerprint density at radius 2 is 1.90 bits per heavy atom. The zero-order chi connectivity index (χ0) is 15.3. The molecule has 0 bridgehead atoms. The van der Waals surface area contributed by atoms with Gasteiger partial charge in [-0.1, -0.05) is 12.1 Å². The maximum Gasteiger partial charge on any atom is 0.246 e. The zero-order valence-electron chi connectivity index (χ0n) is 13.0. The summed E-state index contributed by atoms with van der Waals surface area (Å²) in [4.78, 5) is 27.3. The molecule has 0 spiro atoms. The molecule has 0 fully saturated rings. The van der Waals surface area contributed by atoms with Gasteiger partial charge >= 0.3 is 0 Å². The fraction of sp³-hybridized carbons (Fsp3) is 0.500. The number of hydrogen-bond acceptors (Lipinski definition) is 2. The third kappa shape index (κ3) is 4.08. The average molecular weight is 276 g/mol. The molecule has 20 heavy (non-hydrogen) atoms. The van der Waals surface area contributed by atoms with Crippen LogP contribution in [0, 0.1) is 6.92 Å². The van der Waals surface area contributed by atoms with Gasteiger partial charge in [0.25, 0.3) is 0 Å². The van der Waals surface area contributed by atoms with Gasteiger partial charge in [-0.3, -0.25) is 9.59 Å². The van der Waals surface area contributed by atoms with E-state index in [0.717, 1.165) is 11.3 Å². The summed E-state index contributed by atoms with van der Waals surface area (Å²) >= 11 is 0. The van der Waals surface area contributed by atoms with Gasteiger partial charge in [-0.25, -0.2) is 0 Å². The lowest BCUT2D eigenvalue weighted by atomic mass is 10.2. The quantitative estimate of drug-likeness (QED) is 0.829. The van der Waals surface area contributed by atoms with Crippen LogP contribution in [-0.4, -0.2) is 35.8 Å². The first-order valence-electron chi connectivity index (χ1n) is 7.01. The zero-order valence-corrected chi connectivity index (χ0v) is 13.0. The maximum absolute atomic E-state index is 12.4. The van der Waals surface area contributed by atoms with E-state index in [1.165, 1.54) is 6.92 Å². The second kappa shape index (κ2) is 7.08. The minimum Gasteiger partial charge on any atom is -0.331 e. The Morgan fingerprint density at radius 1 is 1.25 bits per heavy atom. The third-order valence-electron chi connectivity index (χ3n) is 3.26. The Labute approximate surface area is 121 Å². The topological polar surface area (TPSA) is 40.6 Å². The van der Waals surface area contributed by atoms with E-state index in [2.05, 4.69) is 0 Å². The molecular formula is C16H24N2O2. The lowest BCUT2D eigenvalue weighted by Crippen LogP contribution is -2.45.